The van der Waals surface area contributed by atoms with Gasteiger partial charge < -0.3 is 20.7 Å². The molecule has 0 spiro atoms. The zero-order valence-electron chi connectivity index (χ0n) is 15.2. The van der Waals surface area contributed by atoms with Crippen LogP contribution in [0.2, 0.25) is 0 Å². The molecule has 7 nitrogen and oxygen atoms in total. The van der Waals surface area contributed by atoms with E-state index in [2.05, 4.69) is 16.0 Å². The van der Waals surface area contributed by atoms with Gasteiger partial charge in [0.05, 0.1) is 5.56 Å². The highest BCUT2D eigenvalue weighted by Crippen LogP contribution is 2.08. The van der Waals surface area contributed by atoms with Crippen LogP contribution in [0.25, 0.3) is 0 Å². The van der Waals surface area contributed by atoms with Gasteiger partial charge in [-0.3, -0.25) is 4.79 Å². The van der Waals surface area contributed by atoms with Gasteiger partial charge in [0.25, 0.3) is 5.91 Å². The Bertz CT molecular complexity index is 584. The lowest BCUT2D eigenvalue weighted by atomic mass is 10.1. The highest BCUT2D eigenvalue weighted by atomic mass is 16.5. The van der Waals surface area contributed by atoms with Crippen LogP contribution in [0.1, 0.15) is 50.0 Å². The number of carbonyl (C=O) groups excluding carboxylic acids is 3. The van der Waals surface area contributed by atoms with E-state index in [1.807, 2.05) is 20.8 Å². The first-order chi connectivity index (χ1) is 11.8. The summed E-state index contributed by atoms with van der Waals surface area (Å²) in [6.07, 6.45) is -0.0305. The van der Waals surface area contributed by atoms with Gasteiger partial charge in [0, 0.05) is 19.1 Å². The standard InChI is InChI=1S/C18H27N3O4/c1-5-10-19-16(22)13(4)25-17(23)15-8-6-14(7-9-15)11-20-18(24)21-12(2)3/h6-9,12-13H,5,10-11H2,1-4H3,(H,19,22)(H2,20,21,24)/t13-/m0/s1. The Morgan fingerprint density at radius 2 is 1.68 bits per heavy atom. The fourth-order valence-electron chi connectivity index (χ4n) is 1.93. The molecule has 0 aliphatic carbocycles. The summed E-state index contributed by atoms with van der Waals surface area (Å²) in [5.74, 6) is -0.872. The molecule has 0 aliphatic rings. The van der Waals surface area contributed by atoms with E-state index in [1.165, 1.54) is 6.92 Å². The lowest BCUT2D eigenvalue weighted by Crippen LogP contribution is -2.39. The molecular formula is C18H27N3O4. The maximum Gasteiger partial charge on any atom is 0.338 e. The summed E-state index contributed by atoms with van der Waals surface area (Å²) in [7, 11) is 0. The van der Waals surface area contributed by atoms with E-state index in [1.54, 1.807) is 24.3 Å². The molecule has 1 rings (SSSR count). The molecule has 0 saturated carbocycles. The number of nitrogens with one attached hydrogen (secondary N) is 3. The van der Waals surface area contributed by atoms with E-state index in [0.29, 0.717) is 18.7 Å². The molecule has 0 unspecified atom stereocenters. The van der Waals surface area contributed by atoms with Gasteiger partial charge in [0.15, 0.2) is 6.10 Å². The number of amides is 3. The third-order valence-corrected chi connectivity index (χ3v) is 3.26. The minimum absolute atomic E-state index is 0.0636. The Balaban J connectivity index is 2.50. The lowest BCUT2D eigenvalue weighted by molar-refractivity contribution is -0.129. The molecule has 3 N–H and O–H groups in total. The molecule has 1 atom stereocenters. The van der Waals surface area contributed by atoms with Crippen LogP contribution in [0.15, 0.2) is 24.3 Å². The molecule has 3 amide bonds. The molecule has 1 aromatic rings. The molecule has 0 aliphatic heterocycles. The zero-order chi connectivity index (χ0) is 18.8. The van der Waals surface area contributed by atoms with Crippen LogP contribution >= 0.6 is 0 Å². The van der Waals surface area contributed by atoms with E-state index >= 15 is 0 Å². The quantitative estimate of drug-likeness (QED) is 0.625. The van der Waals surface area contributed by atoms with Crippen LogP contribution in [-0.2, 0) is 16.1 Å². The van der Waals surface area contributed by atoms with Crippen molar-refractivity contribution in [3.8, 4) is 0 Å². The van der Waals surface area contributed by atoms with Crippen LogP contribution in [-0.4, -0.2) is 36.6 Å². The van der Waals surface area contributed by atoms with Crippen molar-refractivity contribution in [3.05, 3.63) is 35.4 Å². The van der Waals surface area contributed by atoms with E-state index in [4.69, 9.17) is 4.74 Å². The molecule has 0 radical (unpaired) electrons. The number of rotatable bonds is 8. The number of hydrogen-bond acceptors (Lipinski definition) is 4. The summed E-state index contributed by atoms with van der Waals surface area (Å²) in [5, 5.41) is 8.13. The summed E-state index contributed by atoms with van der Waals surface area (Å²) in [4.78, 5) is 35.3. The number of hydrogen-bond donors (Lipinski definition) is 3. The average Bonchev–Trinajstić information content (AvgIpc) is 2.57. The maximum atomic E-state index is 12.1. The Morgan fingerprint density at radius 3 is 2.24 bits per heavy atom. The Kier molecular flexibility index (Phi) is 8.46. The van der Waals surface area contributed by atoms with Gasteiger partial charge in [-0.05, 0) is 44.9 Å². The minimum atomic E-state index is -0.847. The Hall–Kier alpha value is -2.57. The SMILES string of the molecule is CCCNC(=O)[C@H](C)OC(=O)c1ccc(CNC(=O)NC(C)C)cc1. The van der Waals surface area contributed by atoms with Gasteiger partial charge >= 0.3 is 12.0 Å². The Labute approximate surface area is 148 Å². The van der Waals surface area contributed by atoms with Gasteiger partial charge in [0.2, 0.25) is 0 Å². The fourth-order valence-corrected chi connectivity index (χ4v) is 1.93. The molecule has 138 valence electrons. The molecular weight excluding hydrogens is 322 g/mol. The van der Waals surface area contributed by atoms with Crippen LogP contribution < -0.4 is 16.0 Å². The molecule has 7 heteroatoms. The molecule has 25 heavy (non-hydrogen) atoms. The number of benzene rings is 1. The number of esters is 1. The zero-order valence-corrected chi connectivity index (χ0v) is 15.2. The van der Waals surface area contributed by atoms with Crippen LogP contribution in [0, 0.1) is 0 Å². The number of carbonyl (C=O) groups is 3. The summed E-state index contributed by atoms with van der Waals surface area (Å²) in [6, 6.07) is 6.49. The molecule has 0 bridgehead atoms. The second kappa shape index (κ2) is 10.3. The summed E-state index contributed by atoms with van der Waals surface area (Å²) in [5.41, 5.74) is 1.20. The first-order valence-corrected chi connectivity index (χ1v) is 8.45. The van der Waals surface area contributed by atoms with Crippen LogP contribution in [0.3, 0.4) is 0 Å². The van der Waals surface area contributed by atoms with Crippen molar-refractivity contribution in [3.63, 3.8) is 0 Å². The summed E-state index contributed by atoms with van der Waals surface area (Å²) >= 11 is 0. The molecule has 1 aromatic carbocycles. The highest BCUT2D eigenvalue weighted by molar-refractivity contribution is 5.92. The molecule has 0 fully saturated rings. The normalized spacial score (nSPS) is 11.6. The first-order valence-electron chi connectivity index (χ1n) is 8.45. The lowest BCUT2D eigenvalue weighted by Gasteiger charge is -2.13. The van der Waals surface area contributed by atoms with Crippen LogP contribution in [0.4, 0.5) is 4.79 Å². The van der Waals surface area contributed by atoms with Crippen molar-refractivity contribution >= 4 is 17.9 Å². The second-order valence-corrected chi connectivity index (χ2v) is 6.02. The predicted molar refractivity (Wildman–Crippen MR) is 95.1 cm³/mol. The molecule has 0 aromatic heterocycles. The number of ether oxygens (including phenoxy) is 1. The van der Waals surface area contributed by atoms with Gasteiger partial charge in [-0.25, -0.2) is 9.59 Å². The van der Waals surface area contributed by atoms with Crippen molar-refractivity contribution < 1.29 is 19.1 Å². The maximum absolute atomic E-state index is 12.1. The van der Waals surface area contributed by atoms with Crippen molar-refractivity contribution in [1.82, 2.24) is 16.0 Å². The third kappa shape index (κ3) is 7.69. The van der Waals surface area contributed by atoms with E-state index in [-0.39, 0.29) is 18.0 Å². The van der Waals surface area contributed by atoms with Crippen molar-refractivity contribution in [2.24, 2.45) is 0 Å². The predicted octanol–water partition coefficient (Wildman–Crippen LogP) is 1.97. The molecule has 0 heterocycles. The third-order valence-electron chi connectivity index (χ3n) is 3.26. The van der Waals surface area contributed by atoms with Gasteiger partial charge in [-0.1, -0.05) is 19.1 Å². The topological polar surface area (TPSA) is 96.5 Å². The minimum Gasteiger partial charge on any atom is -0.449 e. The Morgan fingerprint density at radius 1 is 1.04 bits per heavy atom. The molecule has 0 saturated heterocycles. The van der Waals surface area contributed by atoms with E-state index in [0.717, 1.165) is 12.0 Å². The second-order valence-electron chi connectivity index (χ2n) is 6.02. The highest BCUT2D eigenvalue weighted by Gasteiger charge is 2.18. The largest absolute Gasteiger partial charge is 0.449 e. The first kappa shape index (κ1) is 20.5. The van der Waals surface area contributed by atoms with Gasteiger partial charge in [-0.2, -0.15) is 0 Å². The van der Waals surface area contributed by atoms with Crippen molar-refractivity contribution in [2.75, 3.05) is 6.54 Å². The average molecular weight is 349 g/mol. The van der Waals surface area contributed by atoms with Gasteiger partial charge in [0.1, 0.15) is 0 Å². The van der Waals surface area contributed by atoms with E-state index < -0.39 is 12.1 Å². The smallest absolute Gasteiger partial charge is 0.338 e. The van der Waals surface area contributed by atoms with E-state index in [9.17, 15) is 14.4 Å². The fraction of sp³-hybridized carbons (Fsp3) is 0.500. The van der Waals surface area contributed by atoms with Gasteiger partial charge in [-0.15, -0.1) is 0 Å². The van der Waals surface area contributed by atoms with Crippen LogP contribution in [0.5, 0.6) is 0 Å². The summed E-state index contributed by atoms with van der Waals surface area (Å²) < 4.78 is 5.15. The monoisotopic (exact) mass is 349 g/mol. The van der Waals surface area contributed by atoms with Crippen molar-refractivity contribution in [1.29, 1.82) is 0 Å². The summed E-state index contributed by atoms with van der Waals surface area (Å²) in [6.45, 7) is 8.14. The number of urea groups is 1. The van der Waals surface area contributed by atoms with Crippen molar-refractivity contribution in [2.45, 2.75) is 52.8 Å².